The molecule has 202 valence electrons. The largest absolute Gasteiger partial charge is 0.490 e. The van der Waals surface area contributed by atoms with Crippen molar-refractivity contribution in [2.24, 2.45) is 0 Å². The van der Waals surface area contributed by atoms with E-state index in [-0.39, 0.29) is 25.7 Å². The van der Waals surface area contributed by atoms with Gasteiger partial charge in [0.2, 0.25) is 11.8 Å². The zero-order valence-corrected chi connectivity index (χ0v) is 20.8. The number of amides is 1. The van der Waals surface area contributed by atoms with E-state index in [4.69, 9.17) is 29.9 Å². The van der Waals surface area contributed by atoms with Gasteiger partial charge in [-0.2, -0.15) is 13.2 Å². The van der Waals surface area contributed by atoms with Crippen LogP contribution >= 0.6 is 11.3 Å². The number of fused-ring (bicyclic) bond motifs is 1. The van der Waals surface area contributed by atoms with Crippen LogP contribution in [0.2, 0.25) is 0 Å². The Labute approximate surface area is 217 Å². The van der Waals surface area contributed by atoms with Gasteiger partial charge in [0.1, 0.15) is 18.2 Å². The average molecular weight is 554 g/mol. The Kier molecular flexibility index (Phi) is 8.85. The van der Waals surface area contributed by atoms with Crippen molar-refractivity contribution in [3.8, 4) is 17.2 Å². The van der Waals surface area contributed by atoms with E-state index in [9.17, 15) is 18.0 Å². The predicted octanol–water partition coefficient (Wildman–Crippen LogP) is 3.48. The Morgan fingerprint density at radius 1 is 1.24 bits per heavy atom. The summed E-state index contributed by atoms with van der Waals surface area (Å²) in [5, 5.41) is 29.2. The molecule has 0 unspecified atom stereocenters. The van der Waals surface area contributed by atoms with Gasteiger partial charge in [0.15, 0.2) is 0 Å². The molecule has 3 heterocycles. The van der Waals surface area contributed by atoms with E-state index in [1.807, 2.05) is 30.5 Å². The van der Waals surface area contributed by atoms with E-state index in [1.54, 1.807) is 6.92 Å². The summed E-state index contributed by atoms with van der Waals surface area (Å²) in [7, 11) is 0. The monoisotopic (exact) mass is 553 g/mol. The summed E-state index contributed by atoms with van der Waals surface area (Å²) in [6.07, 6.45) is -3.63. The number of halogens is 3. The highest BCUT2D eigenvalue weighted by molar-refractivity contribution is 7.17. The number of nitrogen functional groups attached to an aromatic ring is 1. The second kappa shape index (κ2) is 11.9. The number of hydrogen-bond donors (Lipinski definition) is 4. The number of alkyl halides is 3. The number of aromatic nitrogens is 3. The summed E-state index contributed by atoms with van der Waals surface area (Å²) in [4.78, 5) is 25.5. The summed E-state index contributed by atoms with van der Waals surface area (Å²) >= 11 is 1.40. The quantitative estimate of drug-likeness (QED) is 0.265. The number of aliphatic hydroxyl groups is 1. The molecule has 3 aromatic heterocycles. The Morgan fingerprint density at radius 3 is 2.55 bits per heavy atom. The highest BCUT2D eigenvalue weighted by Gasteiger charge is 2.38. The first-order chi connectivity index (χ1) is 17.9. The van der Waals surface area contributed by atoms with Crippen molar-refractivity contribution in [1.82, 2.24) is 20.5 Å². The standard InChI is InChI=1S/C21H21N5O4S.C2HF3O2/c1-11-3-4-13(21-26-25-12(2)30-21)7-16(11)29-9-14-10-31-18-15(20(28)23-5-6-27)8-24-19(22)17(14)18;3-2(4,5)1(6)7/h3-4,7-8,10,27H,5-6,9H2,1-2H3,(H2,22,24)(H,23,28);(H,6,7). The lowest BCUT2D eigenvalue weighted by Gasteiger charge is -2.11. The second-order valence-electron chi connectivity index (χ2n) is 7.70. The van der Waals surface area contributed by atoms with Crippen LogP contribution in [0, 0.1) is 13.8 Å². The number of anilines is 1. The summed E-state index contributed by atoms with van der Waals surface area (Å²) in [6.45, 7) is 3.97. The van der Waals surface area contributed by atoms with Crippen molar-refractivity contribution >= 4 is 39.1 Å². The zero-order valence-electron chi connectivity index (χ0n) is 20.0. The van der Waals surface area contributed by atoms with Gasteiger partial charge in [-0.05, 0) is 30.0 Å². The number of thiophene rings is 1. The normalized spacial score (nSPS) is 11.1. The van der Waals surface area contributed by atoms with Crippen molar-refractivity contribution in [1.29, 1.82) is 0 Å². The van der Waals surface area contributed by atoms with Crippen molar-refractivity contribution in [2.45, 2.75) is 26.6 Å². The summed E-state index contributed by atoms with van der Waals surface area (Å²) in [6, 6.07) is 5.68. The number of pyridine rings is 1. The third-order valence-electron chi connectivity index (χ3n) is 4.93. The Balaban J connectivity index is 0.000000505. The molecular weight excluding hydrogens is 531 g/mol. The molecule has 1 aromatic carbocycles. The number of carboxylic acids is 1. The average Bonchev–Trinajstić information content (AvgIpc) is 3.49. The number of rotatable bonds is 7. The van der Waals surface area contributed by atoms with Crippen LogP contribution in [0.5, 0.6) is 5.75 Å². The minimum atomic E-state index is -5.08. The molecule has 4 rings (SSSR count). The van der Waals surface area contributed by atoms with Crippen LogP contribution in [0.3, 0.4) is 0 Å². The molecule has 4 aromatic rings. The van der Waals surface area contributed by atoms with Crippen LogP contribution in [0.1, 0.15) is 27.4 Å². The lowest BCUT2D eigenvalue weighted by atomic mass is 10.1. The molecule has 1 amide bonds. The molecule has 0 bridgehead atoms. The number of ether oxygens (including phenoxy) is 1. The molecule has 0 saturated carbocycles. The van der Waals surface area contributed by atoms with E-state index in [0.29, 0.717) is 34.3 Å². The van der Waals surface area contributed by atoms with Crippen LogP contribution < -0.4 is 15.8 Å². The second-order valence-corrected chi connectivity index (χ2v) is 8.58. The number of benzene rings is 1. The minimum Gasteiger partial charge on any atom is -0.489 e. The third-order valence-corrected chi connectivity index (χ3v) is 5.99. The minimum absolute atomic E-state index is 0.137. The fourth-order valence-corrected chi connectivity index (χ4v) is 4.19. The van der Waals surface area contributed by atoms with E-state index >= 15 is 0 Å². The molecule has 5 N–H and O–H groups in total. The number of aliphatic carboxylic acids is 1. The van der Waals surface area contributed by atoms with Crippen molar-refractivity contribution in [3.63, 3.8) is 0 Å². The number of nitrogens with zero attached hydrogens (tertiary/aromatic N) is 3. The maximum Gasteiger partial charge on any atom is 0.490 e. The summed E-state index contributed by atoms with van der Waals surface area (Å²) in [5.41, 5.74) is 9.08. The highest BCUT2D eigenvalue weighted by Crippen LogP contribution is 2.34. The number of nitrogens with one attached hydrogen (secondary N) is 1. The van der Waals surface area contributed by atoms with Crippen LogP contribution in [-0.2, 0) is 11.4 Å². The van der Waals surface area contributed by atoms with E-state index in [2.05, 4.69) is 20.5 Å². The Hall–Kier alpha value is -4.24. The maximum absolute atomic E-state index is 12.4. The lowest BCUT2D eigenvalue weighted by Crippen LogP contribution is -2.26. The fourth-order valence-electron chi connectivity index (χ4n) is 3.12. The van der Waals surface area contributed by atoms with Gasteiger partial charge in [0, 0.05) is 36.2 Å². The molecule has 0 radical (unpaired) electrons. The molecule has 0 fully saturated rings. The fraction of sp³-hybridized carbons (Fsp3) is 0.261. The predicted molar refractivity (Wildman–Crippen MR) is 131 cm³/mol. The van der Waals surface area contributed by atoms with Crippen molar-refractivity contribution < 1.29 is 42.1 Å². The molecule has 15 heteroatoms. The molecule has 38 heavy (non-hydrogen) atoms. The number of aryl methyl sites for hydroxylation is 2. The Bertz CT molecular complexity index is 1450. The number of hydrogen-bond acceptors (Lipinski definition) is 10. The van der Waals surface area contributed by atoms with Crippen LogP contribution in [0.25, 0.3) is 21.5 Å². The van der Waals surface area contributed by atoms with E-state index < -0.39 is 12.1 Å². The molecule has 0 saturated heterocycles. The summed E-state index contributed by atoms with van der Waals surface area (Å²) in [5.74, 6) is -1.14. The van der Waals surface area contributed by atoms with E-state index in [1.165, 1.54) is 17.5 Å². The molecular formula is C23H22F3N5O6S. The SMILES string of the molecule is Cc1nnc(-c2ccc(C)c(OCc3csc4c(C(=O)NCCO)cnc(N)c34)c2)o1.O=C(O)C(F)(F)F. The number of carbonyl (C=O) groups excluding carboxylic acids is 1. The maximum atomic E-state index is 12.4. The van der Waals surface area contributed by atoms with Crippen molar-refractivity contribution in [2.75, 3.05) is 18.9 Å². The van der Waals surface area contributed by atoms with Gasteiger partial charge in [-0.25, -0.2) is 9.78 Å². The molecule has 0 spiro atoms. The number of carboxylic acid groups (broad SMARTS) is 1. The zero-order chi connectivity index (χ0) is 28.0. The van der Waals surface area contributed by atoms with Crippen LogP contribution in [0.15, 0.2) is 34.2 Å². The Morgan fingerprint density at radius 2 is 1.95 bits per heavy atom. The van der Waals surface area contributed by atoms with Gasteiger partial charge < -0.3 is 30.4 Å². The molecule has 0 atom stereocenters. The first-order valence-electron chi connectivity index (χ1n) is 10.8. The molecule has 11 nitrogen and oxygen atoms in total. The van der Waals surface area contributed by atoms with Gasteiger partial charge in [-0.15, -0.1) is 21.5 Å². The van der Waals surface area contributed by atoms with Crippen LogP contribution in [0.4, 0.5) is 19.0 Å². The molecule has 0 aliphatic carbocycles. The molecule has 0 aliphatic heterocycles. The number of aliphatic hydroxyl groups excluding tert-OH is 1. The van der Waals surface area contributed by atoms with Gasteiger partial charge in [-0.3, -0.25) is 4.79 Å². The lowest BCUT2D eigenvalue weighted by molar-refractivity contribution is -0.192. The third kappa shape index (κ3) is 6.74. The van der Waals surface area contributed by atoms with Gasteiger partial charge in [-0.1, -0.05) is 6.07 Å². The van der Waals surface area contributed by atoms with Gasteiger partial charge in [0.05, 0.1) is 16.9 Å². The summed E-state index contributed by atoms with van der Waals surface area (Å²) < 4.78 is 44.0. The van der Waals surface area contributed by atoms with Gasteiger partial charge in [0.25, 0.3) is 5.91 Å². The smallest absolute Gasteiger partial charge is 0.489 e. The molecule has 0 aliphatic rings. The first-order valence-corrected chi connectivity index (χ1v) is 11.7. The topological polar surface area (TPSA) is 174 Å². The first kappa shape index (κ1) is 28.3. The number of nitrogens with two attached hydrogens (primary N) is 1. The highest BCUT2D eigenvalue weighted by atomic mass is 32.1. The van der Waals surface area contributed by atoms with Crippen molar-refractivity contribution in [3.05, 3.63) is 52.4 Å². The van der Waals surface area contributed by atoms with E-state index in [0.717, 1.165) is 21.4 Å². The van der Waals surface area contributed by atoms with Crippen LogP contribution in [-0.4, -0.2) is 56.6 Å². The van der Waals surface area contributed by atoms with Gasteiger partial charge >= 0.3 is 12.1 Å². The number of carbonyl (C=O) groups is 2.